The molecule has 2 nitrogen and oxygen atoms in total. The fraction of sp³-hybridized carbons (Fsp3) is 0.571. The molecule has 100 valence electrons. The highest BCUT2D eigenvalue weighted by Crippen LogP contribution is 2.24. The normalized spacial score (nSPS) is 21.8. The molecule has 1 unspecified atom stereocenters. The highest BCUT2D eigenvalue weighted by molar-refractivity contribution is 7.99. The predicted octanol–water partition coefficient (Wildman–Crippen LogP) is 3.64. The molecule has 1 heterocycles. The Kier molecular flexibility index (Phi) is 5.22. The Morgan fingerprint density at radius 1 is 1.39 bits per heavy atom. The van der Waals surface area contributed by atoms with Crippen LogP contribution >= 0.6 is 23.4 Å². The molecule has 0 aromatic heterocycles. The SMILES string of the molecule is CSC1CCCN(Cc2ccc(Cl)cc2N)CC1. The van der Waals surface area contributed by atoms with Crippen LogP contribution in [0.3, 0.4) is 0 Å². The first-order valence-electron chi connectivity index (χ1n) is 6.48. The maximum Gasteiger partial charge on any atom is 0.0426 e. The maximum atomic E-state index is 6.02. The van der Waals surface area contributed by atoms with E-state index in [4.69, 9.17) is 17.3 Å². The predicted molar refractivity (Wildman–Crippen MR) is 82.3 cm³/mol. The summed E-state index contributed by atoms with van der Waals surface area (Å²) in [5, 5.41) is 1.55. The summed E-state index contributed by atoms with van der Waals surface area (Å²) in [5.41, 5.74) is 8.03. The molecule has 1 aliphatic heterocycles. The summed E-state index contributed by atoms with van der Waals surface area (Å²) in [5.74, 6) is 0. The van der Waals surface area contributed by atoms with Gasteiger partial charge < -0.3 is 5.73 Å². The van der Waals surface area contributed by atoms with E-state index in [1.54, 1.807) is 0 Å². The molecule has 0 radical (unpaired) electrons. The van der Waals surface area contributed by atoms with Gasteiger partial charge in [-0.15, -0.1) is 0 Å². The minimum absolute atomic E-state index is 0.717. The van der Waals surface area contributed by atoms with Crippen LogP contribution in [0.2, 0.25) is 5.02 Å². The number of hydrogen-bond donors (Lipinski definition) is 1. The number of halogens is 1. The van der Waals surface area contributed by atoms with Crippen molar-refractivity contribution < 1.29 is 0 Å². The summed E-state index contributed by atoms with van der Waals surface area (Å²) in [6.07, 6.45) is 6.14. The van der Waals surface area contributed by atoms with E-state index in [9.17, 15) is 0 Å². The molecule has 1 fully saturated rings. The van der Waals surface area contributed by atoms with Gasteiger partial charge in [0.2, 0.25) is 0 Å². The topological polar surface area (TPSA) is 29.3 Å². The van der Waals surface area contributed by atoms with Gasteiger partial charge in [-0.3, -0.25) is 4.90 Å². The van der Waals surface area contributed by atoms with Gasteiger partial charge in [-0.1, -0.05) is 17.7 Å². The van der Waals surface area contributed by atoms with Crippen LogP contribution in [-0.2, 0) is 6.54 Å². The molecule has 0 bridgehead atoms. The third kappa shape index (κ3) is 3.81. The van der Waals surface area contributed by atoms with Crippen molar-refractivity contribution in [3.63, 3.8) is 0 Å². The number of nitrogens with zero attached hydrogens (tertiary/aromatic N) is 1. The van der Waals surface area contributed by atoms with Crippen molar-refractivity contribution in [2.24, 2.45) is 0 Å². The van der Waals surface area contributed by atoms with Gasteiger partial charge in [0.1, 0.15) is 0 Å². The zero-order valence-corrected chi connectivity index (χ0v) is 12.4. The largest absolute Gasteiger partial charge is 0.398 e. The van der Waals surface area contributed by atoms with Gasteiger partial charge >= 0.3 is 0 Å². The Hall–Kier alpha value is -0.380. The van der Waals surface area contributed by atoms with Crippen molar-refractivity contribution in [2.45, 2.75) is 31.1 Å². The second-order valence-electron chi connectivity index (χ2n) is 4.91. The second kappa shape index (κ2) is 6.69. The number of anilines is 1. The molecular formula is C14H21ClN2S. The third-order valence-electron chi connectivity index (χ3n) is 3.60. The van der Waals surface area contributed by atoms with Crippen LogP contribution in [0.1, 0.15) is 24.8 Å². The summed E-state index contributed by atoms with van der Waals surface area (Å²) < 4.78 is 0. The van der Waals surface area contributed by atoms with Crippen molar-refractivity contribution >= 4 is 29.1 Å². The number of hydrogen-bond acceptors (Lipinski definition) is 3. The van der Waals surface area contributed by atoms with Crippen LogP contribution in [0.15, 0.2) is 18.2 Å². The molecule has 2 rings (SSSR count). The zero-order chi connectivity index (χ0) is 13.0. The van der Waals surface area contributed by atoms with Crippen molar-refractivity contribution in [1.29, 1.82) is 0 Å². The Morgan fingerprint density at radius 3 is 2.94 bits per heavy atom. The van der Waals surface area contributed by atoms with Gasteiger partial charge in [-0.2, -0.15) is 11.8 Å². The van der Waals surface area contributed by atoms with E-state index in [-0.39, 0.29) is 0 Å². The van der Waals surface area contributed by atoms with E-state index in [0.29, 0.717) is 0 Å². The lowest BCUT2D eigenvalue weighted by Crippen LogP contribution is -2.24. The molecule has 4 heteroatoms. The van der Waals surface area contributed by atoms with Crippen LogP contribution in [0.4, 0.5) is 5.69 Å². The number of thioether (sulfide) groups is 1. The first kappa shape index (κ1) is 14.0. The molecule has 0 aliphatic carbocycles. The zero-order valence-electron chi connectivity index (χ0n) is 10.9. The van der Waals surface area contributed by atoms with E-state index in [1.807, 2.05) is 23.9 Å². The number of nitrogen functional groups attached to an aromatic ring is 1. The number of benzene rings is 1. The van der Waals surface area contributed by atoms with Crippen LogP contribution in [0.25, 0.3) is 0 Å². The van der Waals surface area contributed by atoms with Gasteiger partial charge in [0.15, 0.2) is 0 Å². The minimum Gasteiger partial charge on any atom is -0.398 e. The maximum absolute atomic E-state index is 6.02. The van der Waals surface area contributed by atoms with Gasteiger partial charge in [0, 0.05) is 22.5 Å². The van der Waals surface area contributed by atoms with Crippen molar-refractivity contribution in [3.8, 4) is 0 Å². The smallest absolute Gasteiger partial charge is 0.0426 e. The summed E-state index contributed by atoms with van der Waals surface area (Å²) in [6, 6.07) is 5.82. The van der Waals surface area contributed by atoms with Crippen LogP contribution < -0.4 is 5.73 Å². The number of likely N-dealkylation sites (tertiary alicyclic amines) is 1. The molecule has 0 spiro atoms. The quantitative estimate of drug-likeness (QED) is 0.860. The fourth-order valence-electron chi connectivity index (χ4n) is 2.47. The van der Waals surface area contributed by atoms with Crippen LogP contribution in [0.5, 0.6) is 0 Å². The average molecular weight is 285 g/mol. The van der Waals surface area contributed by atoms with Crippen molar-refractivity contribution in [2.75, 3.05) is 25.1 Å². The van der Waals surface area contributed by atoms with Gasteiger partial charge in [0.05, 0.1) is 0 Å². The highest BCUT2D eigenvalue weighted by atomic mass is 35.5. The molecule has 0 amide bonds. The molecule has 1 aromatic rings. The van der Waals surface area contributed by atoms with E-state index in [1.165, 1.54) is 37.9 Å². The fourth-order valence-corrected chi connectivity index (χ4v) is 3.39. The lowest BCUT2D eigenvalue weighted by atomic mass is 10.1. The summed E-state index contributed by atoms with van der Waals surface area (Å²) in [7, 11) is 0. The molecule has 2 N–H and O–H groups in total. The van der Waals surface area contributed by atoms with Gasteiger partial charge in [-0.25, -0.2) is 0 Å². The lowest BCUT2D eigenvalue weighted by Gasteiger charge is -2.21. The summed E-state index contributed by atoms with van der Waals surface area (Å²) >= 11 is 7.93. The van der Waals surface area contributed by atoms with E-state index in [0.717, 1.165) is 22.5 Å². The van der Waals surface area contributed by atoms with Gasteiger partial charge in [0.25, 0.3) is 0 Å². The molecule has 1 aromatic carbocycles. The molecular weight excluding hydrogens is 264 g/mol. The first-order chi connectivity index (χ1) is 8.69. The molecule has 0 saturated carbocycles. The highest BCUT2D eigenvalue weighted by Gasteiger charge is 2.16. The Labute approximate surface area is 119 Å². The molecule has 1 aliphatic rings. The van der Waals surface area contributed by atoms with E-state index < -0.39 is 0 Å². The molecule has 1 atom stereocenters. The lowest BCUT2D eigenvalue weighted by molar-refractivity contribution is 0.277. The Balaban J connectivity index is 1.96. The summed E-state index contributed by atoms with van der Waals surface area (Å²) in [6.45, 7) is 3.30. The van der Waals surface area contributed by atoms with E-state index >= 15 is 0 Å². The van der Waals surface area contributed by atoms with Gasteiger partial charge in [-0.05, 0) is 56.3 Å². The van der Waals surface area contributed by atoms with Crippen LogP contribution in [0, 0.1) is 0 Å². The second-order valence-corrected chi connectivity index (χ2v) is 6.48. The van der Waals surface area contributed by atoms with Crippen molar-refractivity contribution in [3.05, 3.63) is 28.8 Å². The molecule has 1 saturated heterocycles. The van der Waals surface area contributed by atoms with E-state index in [2.05, 4.69) is 17.2 Å². The van der Waals surface area contributed by atoms with Crippen molar-refractivity contribution in [1.82, 2.24) is 4.90 Å². The first-order valence-corrected chi connectivity index (χ1v) is 8.14. The average Bonchev–Trinajstić information content (AvgIpc) is 2.58. The third-order valence-corrected chi connectivity index (χ3v) is 4.98. The Morgan fingerprint density at radius 2 is 2.22 bits per heavy atom. The van der Waals surface area contributed by atoms with Crippen LogP contribution in [-0.4, -0.2) is 29.5 Å². The molecule has 18 heavy (non-hydrogen) atoms. The minimum atomic E-state index is 0.717. The number of nitrogens with two attached hydrogens (primary N) is 1. The standard InChI is InChI=1S/C14H21ClN2S/c1-18-13-3-2-7-17(8-6-13)10-11-4-5-12(15)9-14(11)16/h4-5,9,13H,2-3,6-8,10,16H2,1H3. The Bertz CT molecular complexity index is 397. The monoisotopic (exact) mass is 284 g/mol. The summed E-state index contributed by atoms with van der Waals surface area (Å²) in [4.78, 5) is 2.51. The number of rotatable bonds is 3.